The van der Waals surface area contributed by atoms with Crippen molar-refractivity contribution in [3.8, 4) is 16.9 Å². The van der Waals surface area contributed by atoms with E-state index in [9.17, 15) is 0 Å². The normalized spacial score (nSPS) is 17.1. The predicted molar refractivity (Wildman–Crippen MR) is 83.6 cm³/mol. The van der Waals surface area contributed by atoms with Crippen molar-refractivity contribution in [2.45, 2.75) is 6.42 Å². The standard InChI is InChI=1S/C19H16O/c1-15-8-4-2-7-11-17-12-13-18(14-19(17)20-15)16-9-5-3-6-10-16/h2-10,12-14H,1,11H2/b7-2-,8-4-. The second-order valence-electron chi connectivity index (χ2n) is 4.75. The third kappa shape index (κ3) is 2.72. The van der Waals surface area contributed by atoms with Crippen molar-refractivity contribution >= 4 is 0 Å². The van der Waals surface area contributed by atoms with E-state index in [1.165, 1.54) is 11.1 Å². The molecule has 0 fully saturated rings. The zero-order valence-corrected chi connectivity index (χ0v) is 11.3. The van der Waals surface area contributed by atoms with E-state index in [2.05, 4.69) is 43.0 Å². The molecule has 0 radical (unpaired) electrons. The highest BCUT2D eigenvalue weighted by Gasteiger charge is 2.07. The Morgan fingerprint density at radius 1 is 0.900 bits per heavy atom. The van der Waals surface area contributed by atoms with Gasteiger partial charge in [-0.25, -0.2) is 0 Å². The highest BCUT2D eigenvalue weighted by molar-refractivity contribution is 5.66. The van der Waals surface area contributed by atoms with Gasteiger partial charge in [-0.2, -0.15) is 0 Å². The molecule has 1 aliphatic rings. The van der Waals surface area contributed by atoms with E-state index < -0.39 is 0 Å². The summed E-state index contributed by atoms with van der Waals surface area (Å²) >= 11 is 0. The number of ether oxygens (including phenoxy) is 1. The molecule has 0 aliphatic carbocycles. The summed E-state index contributed by atoms with van der Waals surface area (Å²) in [5.41, 5.74) is 3.52. The maximum Gasteiger partial charge on any atom is 0.131 e. The van der Waals surface area contributed by atoms with Crippen molar-refractivity contribution < 1.29 is 4.74 Å². The molecule has 1 aliphatic heterocycles. The Hall–Kier alpha value is -2.54. The third-order valence-electron chi connectivity index (χ3n) is 3.28. The lowest BCUT2D eigenvalue weighted by atomic mass is 10.0. The number of benzene rings is 2. The number of hydrogen-bond acceptors (Lipinski definition) is 1. The van der Waals surface area contributed by atoms with Crippen LogP contribution in [-0.4, -0.2) is 0 Å². The molecule has 1 heteroatoms. The molecule has 0 aromatic heterocycles. The Bertz CT molecular complexity index is 678. The van der Waals surface area contributed by atoms with Crippen molar-refractivity contribution in [3.05, 3.63) is 90.7 Å². The van der Waals surface area contributed by atoms with Crippen LogP contribution in [0.2, 0.25) is 0 Å². The third-order valence-corrected chi connectivity index (χ3v) is 3.28. The van der Waals surface area contributed by atoms with Gasteiger partial charge in [0.25, 0.3) is 0 Å². The molecule has 1 heterocycles. The van der Waals surface area contributed by atoms with E-state index in [0.29, 0.717) is 5.76 Å². The lowest BCUT2D eigenvalue weighted by Gasteiger charge is -2.12. The Kier molecular flexibility index (Phi) is 3.51. The van der Waals surface area contributed by atoms with Gasteiger partial charge in [0, 0.05) is 0 Å². The molecular weight excluding hydrogens is 244 g/mol. The SMILES string of the molecule is C=C1/C=C\C=C/Cc2ccc(-c3ccccc3)cc2O1. The fourth-order valence-corrected chi connectivity index (χ4v) is 2.24. The summed E-state index contributed by atoms with van der Waals surface area (Å²) < 4.78 is 5.86. The lowest BCUT2D eigenvalue weighted by molar-refractivity contribution is 0.443. The highest BCUT2D eigenvalue weighted by atomic mass is 16.5. The van der Waals surface area contributed by atoms with Crippen molar-refractivity contribution in [2.24, 2.45) is 0 Å². The maximum absolute atomic E-state index is 5.86. The van der Waals surface area contributed by atoms with Crippen molar-refractivity contribution in [1.29, 1.82) is 0 Å². The van der Waals surface area contributed by atoms with Crippen LogP contribution in [0.15, 0.2) is 85.2 Å². The molecule has 3 rings (SSSR count). The molecule has 0 saturated heterocycles. The average molecular weight is 260 g/mol. The van der Waals surface area contributed by atoms with Crippen LogP contribution in [0.25, 0.3) is 11.1 Å². The first-order valence-corrected chi connectivity index (χ1v) is 6.71. The minimum atomic E-state index is 0.656. The second-order valence-corrected chi connectivity index (χ2v) is 4.75. The molecule has 0 unspecified atom stereocenters. The van der Waals surface area contributed by atoms with Crippen LogP contribution >= 0.6 is 0 Å². The summed E-state index contributed by atoms with van der Waals surface area (Å²) in [6, 6.07) is 16.7. The summed E-state index contributed by atoms with van der Waals surface area (Å²) in [4.78, 5) is 0. The van der Waals surface area contributed by atoms with Crippen LogP contribution < -0.4 is 4.74 Å². The minimum Gasteiger partial charge on any atom is -0.458 e. The van der Waals surface area contributed by atoms with Gasteiger partial charge in [0.05, 0.1) is 0 Å². The molecule has 2 aromatic rings. The lowest BCUT2D eigenvalue weighted by Crippen LogP contribution is -1.95. The molecule has 0 N–H and O–H groups in total. The van der Waals surface area contributed by atoms with E-state index in [-0.39, 0.29) is 0 Å². The fourth-order valence-electron chi connectivity index (χ4n) is 2.24. The predicted octanol–water partition coefficient (Wildman–Crippen LogP) is 4.91. The molecule has 0 amide bonds. The molecule has 2 aromatic carbocycles. The molecule has 0 saturated carbocycles. The Morgan fingerprint density at radius 3 is 2.60 bits per heavy atom. The average Bonchev–Trinajstić information content (AvgIpc) is 2.57. The number of fused-ring (bicyclic) bond motifs is 1. The van der Waals surface area contributed by atoms with Gasteiger partial charge >= 0.3 is 0 Å². The van der Waals surface area contributed by atoms with Crippen LogP contribution in [0, 0.1) is 0 Å². The molecule has 0 atom stereocenters. The van der Waals surface area contributed by atoms with Gasteiger partial charge in [-0.1, -0.05) is 67.3 Å². The molecule has 98 valence electrons. The van der Waals surface area contributed by atoms with Crippen LogP contribution in [0.5, 0.6) is 5.75 Å². The monoisotopic (exact) mass is 260 g/mol. The fraction of sp³-hybridized carbons (Fsp3) is 0.0526. The molecular formula is C19H16O. The van der Waals surface area contributed by atoms with Gasteiger partial charge in [0.15, 0.2) is 0 Å². The van der Waals surface area contributed by atoms with Crippen molar-refractivity contribution in [1.82, 2.24) is 0 Å². The Balaban J connectivity index is 2.03. The Morgan fingerprint density at radius 2 is 1.75 bits per heavy atom. The maximum atomic E-state index is 5.86. The van der Waals surface area contributed by atoms with Crippen LogP contribution in [-0.2, 0) is 6.42 Å². The summed E-state index contributed by atoms with van der Waals surface area (Å²) in [7, 11) is 0. The molecule has 0 bridgehead atoms. The number of hydrogen-bond donors (Lipinski definition) is 0. The molecule has 20 heavy (non-hydrogen) atoms. The Labute approximate surface area is 119 Å². The van der Waals surface area contributed by atoms with Crippen LogP contribution in [0.1, 0.15) is 5.56 Å². The van der Waals surface area contributed by atoms with Crippen LogP contribution in [0.3, 0.4) is 0 Å². The molecule has 1 nitrogen and oxygen atoms in total. The van der Waals surface area contributed by atoms with E-state index in [1.807, 2.05) is 36.4 Å². The van der Waals surface area contributed by atoms with Gasteiger partial charge in [0.1, 0.15) is 11.5 Å². The summed E-state index contributed by atoms with van der Waals surface area (Å²) in [6.07, 6.45) is 8.84. The molecule has 0 spiro atoms. The zero-order valence-electron chi connectivity index (χ0n) is 11.3. The van der Waals surface area contributed by atoms with E-state index >= 15 is 0 Å². The number of rotatable bonds is 1. The minimum absolute atomic E-state index is 0.656. The quantitative estimate of drug-likeness (QED) is 0.707. The highest BCUT2D eigenvalue weighted by Crippen LogP contribution is 2.29. The summed E-state index contributed by atoms with van der Waals surface area (Å²) in [5, 5.41) is 0. The van der Waals surface area contributed by atoms with E-state index in [0.717, 1.165) is 17.7 Å². The van der Waals surface area contributed by atoms with Gasteiger partial charge in [-0.05, 0) is 35.3 Å². The topological polar surface area (TPSA) is 9.23 Å². The zero-order chi connectivity index (χ0) is 13.8. The number of allylic oxidation sites excluding steroid dienone is 4. The van der Waals surface area contributed by atoms with Crippen molar-refractivity contribution in [3.63, 3.8) is 0 Å². The van der Waals surface area contributed by atoms with E-state index in [1.54, 1.807) is 0 Å². The largest absolute Gasteiger partial charge is 0.458 e. The van der Waals surface area contributed by atoms with Gasteiger partial charge in [-0.15, -0.1) is 0 Å². The first-order valence-electron chi connectivity index (χ1n) is 6.71. The van der Waals surface area contributed by atoms with Crippen molar-refractivity contribution in [2.75, 3.05) is 0 Å². The second kappa shape index (κ2) is 5.62. The van der Waals surface area contributed by atoms with Gasteiger partial charge in [0.2, 0.25) is 0 Å². The summed E-state index contributed by atoms with van der Waals surface area (Å²) in [5.74, 6) is 1.54. The first-order chi connectivity index (χ1) is 9.83. The van der Waals surface area contributed by atoms with Gasteiger partial charge in [-0.3, -0.25) is 0 Å². The van der Waals surface area contributed by atoms with Crippen LogP contribution in [0.4, 0.5) is 0 Å². The first kappa shape index (κ1) is 12.5. The van der Waals surface area contributed by atoms with E-state index in [4.69, 9.17) is 4.74 Å². The smallest absolute Gasteiger partial charge is 0.131 e. The van der Waals surface area contributed by atoms with Gasteiger partial charge < -0.3 is 4.74 Å². The summed E-state index contributed by atoms with van der Waals surface area (Å²) in [6.45, 7) is 3.92.